The van der Waals surface area contributed by atoms with Gasteiger partial charge in [-0.15, -0.1) is 0 Å². The lowest BCUT2D eigenvalue weighted by atomic mass is 9.87. The van der Waals surface area contributed by atoms with Crippen LogP contribution in [0.3, 0.4) is 0 Å². The van der Waals surface area contributed by atoms with Gasteiger partial charge in [-0.25, -0.2) is 9.18 Å². The first-order valence-electron chi connectivity index (χ1n) is 6.73. The van der Waals surface area contributed by atoms with Gasteiger partial charge < -0.3 is 15.7 Å². The van der Waals surface area contributed by atoms with Crippen molar-refractivity contribution in [2.75, 3.05) is 6.54 Å². The Labute approximate surface area is 119 Å². The van der Waals surface area contributed by atoms with Crippen LogP contribution in [0.25, 0.3) is 0 Å². The molecule has 1 aromatic carbocycles. The number of aliphatic hydroxyl groups excluding tert-OH is 1. The fourth-order valence-electron chi connectivity index (χ4n) is 2.07. The smallest absolute Gasteiger partial charge is 0.315 e. The molecule has 4 nitrogen and oxygen atoms in total. The van der Waals surface area contributed by atoms with Crippen molar-refractivity contribution in [2.24, 2.45) is 5.41 Å². The molecule has 0 aliphatic carbocycles. The number of amides is 2. The maximum absolute atomic E-state index is 13.4. The number of rotatable bonds is 6. The van der Waals surface area contributed by atoms with Crippen molar-refractivity contribution in [3.8, 4) is 0 Å². The highest BCUT2D eigenvalue weighted by Gasteiger charge is 2.21. The molecule has 3 N–H and O–H groups in total. The van der Waals surface area contributed by atoms with E-state index in [-0.39, 0.29) is 23.8 Å². The first-order chi connectivity index (χ1) is 9.30. The Kier molecular flexibility index (Phi) is 5.95. The zero-order valence-electron chi connectivity index (χ0n) is 12.2. The molecule has 5 heteroatoms. The average molecular weight is 282 g/mol. The zero-order chi connectivity index (χ0) is 15.2. The zero-order valence-corrected chi connectivity index (χ0v) is 12.2. The number of carbonyl (C=O) groups is 1. The van der Waals surface area contributed by atoms with Crippen LogP contribution in [0.5, 0.6) is 0 Å². The Morgan fingerprint density at radius 2 is 2.00 bits per heavy atom. The van der Waals surface area contributed by atoms with Crippen LogP contribution in [0, 0.1) is 11.2 Å². The lowest BCUT2D eigenvalue weighted by Gasteiger charge is -2.26. The molecule has 0 aliphatic rings. The Morgan fingerprint density at radius 3 is 2.60 bits per heavy atom. The largest absolute Gasteiger partial charge is 0.393 e. The fourth-order valence-corrected chi connectivity index (χ4v) is 2.07. The molecule has 1 unspecified atom stereocenters. The van der Waals surface area contributed by atoms with Crippen LogP contribution < -0.4 is 10.6 Å². The summed E-state index contributed by atoms with van der Waals surface area (Å²) in [4.78, 5) is 11.7. The second-order valence-corrected chi connectivity index (χ2v) is 5.84. The highest BCUT2D eigenvalue weighted by atomic mass is 19.1. The van der Waals surface area contributed by atoms with Crippen molar-refractivity contribution in [1.29, 1.82) is 0 Å². The van der Waals surface area contributed by atoms with Crippen molar-refractivity contribution in [1.82, 2.24) is 10.6 Å². The van der Waals surface area contributed by atoms with Gasteiger partial charge in [0.05, 0.1) is 6.10 Å². The summed E-state index contributed by atoms with van der Waals surface area (Å²) >= 11 is 0. The van der Waals surface area contributed by atoms with E-state index in [9.17, 15) is 14.3 Å². The van der Waals surface area contributed by atoms with Crippen LogP contribution in [-0.2, 0) is 6.54 Å². The van der Waals surface area contributed by atoms with Gasteiger partial charge in [0.25, 0.3) is 0 Å². The molecule has 1 rings (SSSR count). The normalized spacial score (nSPS) is 12.8. The van der Waals surface area contributed by atoms with E-state index in [2.05, 4.69) is 10.6 Å². The third-order valence-electron chi connectivity index (χ3n) is 2.97. The van der Waals surface area contributed by atoms with Crippen LogP contribution in [0.4, 0.5) is 9.18 Å². The minimum Gasteiger partial charge on any atom is -0.393 e. The number of nitrogens with one attached hydrogen (secondary N) is 2. The SMILES string of the molecule is CC(O)CC(C)(C)CNC(=O)NCc1ccccc1F. The number of urea groups is 1. The Hall–Kier alpha value is -1.62. The summed E-state index contributed by atoms with van der Waals surface area (Å²) in [6.07, 6.45) is 0.189. The van der Waals surface area contributed by atoms with Crippen LogP contribution in [0.15, 0.2) is 24.3 Å². The van der Waals surface area contributed by atoms with Crippen LogP contribution in [0.2, 0.25) is 0 Å². The number of benzene rings is 1. The topological polar surface area (TPSA) is 61.4 Å². The number of hydrogen-bond acceptors (Lipinski definition) is 2. The van der Waals surface area contributed by atoms with Gasteiger partial charge in [-0.3, -0.25) is 0 Å². The van der Waals surface area contributed by atoms with E-state index in [1.54, 1.807) is 25.1 Å². The van der Waals surface area contributed by atoms with Crippen molar-refractivity contribution in [2.45, 2.75) is 39.8 Å². The predicted molar refractivity (Wildman–Crippen MR) is 76.7 cm³/mol. The van der Waals surface area contributed by atoms with Gasteiger partial charge in [-0.05, 0) is 24.8 Å². The summed E-state index contributed by atoms with van der Waals surface area (Å²) in [6, 6.07) is 5.99. The quantitative estimate of drug-likeness (QED) is 0.750. The number of carbonyl (C=O) groups excluding carboxylic acids is 1. The van der Waals surface area contributed by atoms with Crippen molar-refractivity contribution < 1.29 is 14.3 Å². The number of hydrogen-bond donors (Lipinski definition) is 3. The molecule has 0 saturated carbocycles. The van der Waals surface area contributed by atoms with Gasteiger partial charge in [0, 0.05) is 18.7 Å². The van der Waals surface area contributed by atoms with Crippen LogP contribution in [0.1, 0.15) is 32.8 Å². The molecule has 20 heavy (non-hydrogen) atoms. The van der Waals surface area contributed by atoms with Gasteiger partial charge in [-0.1, -0.05) is 32.0 Å². The molecule has 0 aliphatic heterocycles. The molecule has 1 atom stereocenters. The first-order valence-corrected chi connectivity index (χ1v) is 6.73. The van der Waals surface area contributed by atoms with E-state index in [1.807, 2.05) is 13.8 Å². The Bertz CT molecular complexity index is 447. The third kappa shape index (κ3) is 6.02. The minimum absolute atomic E-state index is 0.148. The fraction of sp³-hybridized carbons (Fsp3) is 0.533. The average Bonchev–Trinajstić information content (AvgIpc) is 2.34. The minimum atomic E-state index is -0.409. The van der Waals surface area contributed by atoms with E-state index >= 15 is 0 Å². The molecular weight excluding hydrogens is 259 g/mol. The summed E-state index contributed by atoms with van der Waals surface area (Å²) in [6.45, 7) is 6.25. The van der Waals surface area contributed by atoms with Gasteiger partial charge in [0.2, 0.25) is 0 Å². The van der Waals surface area contributed by atoms with E-state index in [1.165, 1.54) is 6.07 Å². The van der Waals surface area contributed by atoms with Gasteiger partial charge in [0.1, 0.15) is 5.82 Å². The molecule has 2 amide bonds. The predicted octanol–water partition coefficient (Wildman–Crippen LogP) is 2.42. The van der Waals surface area contributed by atoms with E-state index in [4.69, 9.17) is 0 Å². The Balaban J connectivity index is 2.36. The van der Waals surface area contributed by atoms with E-state index in [0.717, 1.165) is 0 Å². The van der Waals surface area contributed by atoms with Crippen molar-refractivity contribution in [3.63, 3.8) is 0 Å². The lowest BCUT2D eigenvalue weighted by Crippen LogP contribution is -2.41. The maximum Gasteiger partial charge on any atom is 0.315 e. The van der Waals surface area contributed by atoms with Gasteiger partial charge >= 0.3 is 6.03 Å². The molecule has 0 saturated heterocycles. The summed E-state index contributed by atoms with van der Waals surface area (Å²) in [5.41, 5.74) is 0.259. The standard InChI is InChI=1S/C15H23FN2O2/c1-11(19)8-15(2,3)10-18-14(20)17-9-12-6-4-5-7-13(12)16/h4-7,11,19H,8-10H2,1-3H3,(H2,17,18,20). The summed E-state index contributed by atoms with van der Waals surface area (Å²) in [7, 11) is 0. The lowest BCUT2D eigenvalue weighted by molar-refractivity contribution is 0.129. The summed E-state index contributed by atoms with van der Waals surface area (Å²) in [5.74, 6) is -0.331. The molecule has 1 aromatic rings. The molecule has 0 aromatic heterocycles. The molecule has 112 valence electrons. The van der Waals surface area contributed by atoms with Gasteiger partial charge in [0.15, 0.2) is 0 Å². The van der Waals surface area contributed by atoms with Gasteiger partial charge in [-0.2, -0.15) is 0 Å². The Morgan fingerprint density at radius 1 is 1.35 bits per heavy atom. The highest BCUT2D eigenvalue weighted by molar-refractivity contribution is 5.73. The number of aliphatic hydroxyl groups is 1. The second kappa shape index (κ2) is 7.24. The molecular formula is C15H23FN2O2. The summed E-state index contributed by atoms with van der Waals surface area (Å²) in [5, 5.41) is 14.7. The van der Waals surface area contributed by atoms with E-state index in [0.29, 0.717) is 18.5 Å². The highest BCUT2D eigenvalue weighted by Crippen LogP contribution is 2.20. The number of halogens is 1. The monoisotopic (exact) mass is 282 g/mol. The molecule has 0 bridgehead atoms. The summed E-state index contributed by atoms with van der Waals surface area (Å²) < 4.78 is 13.4. The van der Waals surface area contributed by atoms with Crippen LogP contribution >= 0.6 is 0 Å². The third-order valence-corrected chi connectivity index (χ3v) is 2.97. The molecule has 0 radical (unpaired) electrons. The van der Waals surface area contributed by atoms with Crippen LogP contribution in [-0.4, -0.2) is 23.8 Å². The molecule has 0 spiro atoms. The maximum atomic E-state index is 13.4. The van der Waals surface area contributed by atoms with E-state index < -0.39 is 6.10 Å². The van der Waals surface area contributed by atoms with Crippen molar-refractivity contribution >= 4 is 6.03 Å². The first kappa shape index (κ1) is 16.4. The second-order valence-electron chi connectivity index (χ2n) is 5.84. The molecule has 0 fully saturated rings. The van der Waals surface area contributed by atoms with Crippen molar-refractivity contribution in [3.05, 3.63) is 35.6 Å². The molecule has 0 heterocycles.